The maximum Gasteiger partial charge on any atom is 0.257 e. The number of nitrogens with zero attached hydrogens (tertiary/aromatic N) is 1. The zero-order valence-electron chi connectivity index (χ0n) is 15.6. The molecule has 1 N–H and O–H groups in total. The summed E-state index contributed by atoms with van der Waals surface area (Å²) in [5, 5.41) is 2.74. The molecule has 0 saturated heterocycles. The number of anilines is 1. The fraction of sp³-hybridized carbons (Fsp3) is 0.136. The molecule has 2 aromatic carbocycles. The summed E-state index contributed by atoms with van der Waals surface area (Å²) < 4.78 is 6.60. The number of ketones is 1. The summed E-state index contributed by atoms with van der Waals surface area (Å²) in [4.78, 5) is 36.5. The minimum Gasteiger partial charge on any atom is -0.497 e. The molecule has 1 amide bonds. The molecule has 6 nitrogen and oxygen atoms in total. The Morgan fingerprint density at radius 2 is 1.71 bits per heavy atom. The molecule has 3 rings (SSSR count). The van der Waals surface area contributed by atoms with Gasteiger partial charge in [0.05, 0.1) is 24.9 Å². The summed E-state index contributed by atoms with van der Waals surface area (Å²) in [6, 6.07) is 17.0. The standard InChI is InChI=1S/C22H20N2O4/c1-15(25)19-5-3-4-6-20(19)23-22(27)17-9-12-21(26)24(14-17)13-16-7-10-18(28-2)11-8-16/h3-12,14H,13H2,1-2H3,(H,23,27). The topological polar surface area (TPSA) is 77.4 Å². The van der Waals surface area contributed by atoms with Crippen molar-refractivity contribution >= 4 is 17.4 Å². The van der Waals surface area contributed by atoms with Crippen LogP contribution in [-0.4, -0.2) is 23.4 Å². The van der Waals surface area contributed by atoms with Crippen molar-refractivity contribution in [3.05, 3.63) is 93.9 Å². The number of amides is 1. The van der Waals surface area contributed by atoms with Crippen LogP contribution in [0.25, 0.3) is 0 Å². The van der Waals surface area contributed by atoms with Gasteiger partial charge in [-0.3, -0.25) is 14.4 Å². The van der Waals surface area contributed by atoms with E-state index in [0.717, 1.165) is 11.3 Å². The first-order valence-electron chi connectivity index (χ1n) is 8.72. The van der Waals surface area contributed by atoms with Gasteiger partial charge < -0.3 is 14.6 Å². The van der Waals surface area contributed by atoms with E-state index in [1.54, 1.807) is 31.4 Å². The molecule has 0 aliphatic heterocycles. The minimum atomic E-state index is -0.391. The van der Waals surface area contributed by atoms with Gasteiger partial charge in [-0.1, -0.05) is 24.3 Å². The SMILES string of the molecule is COc1ccc(Cn2cc(C(=O)Nc3ccccc3C(C)=O)ccc2=O)cc1. The van der Waals surface area contributed by atoms with Crippen molar-refractivity contribution in [1.29, 1.82) is 0 Å². The lowest BCUT2D eigenvalue weighted by molar-refractivity contribution is 0.101. The van der Waals surface area contributed by atoms with Crippen molar-refractivity contribution < 1.29 is 14.3 Å². The number of aromatic nitrogens is 1. The largest absolute Gasteiger partial charge is 0.497 e. The number of hydrogen-bond acceptors (Lipinski definition) is 4. The van der Waals surface area contributed by atoms with Crippen LogP contribution < -0.4 is 15.6 Å². The molecule has 1 heterocycles. The number of rotatable bonds is 6. The van der Waals surface area contributed by atoms with Crippen LogP contribution in [0.15, 0.2) is 71.7 Å². The zero-order valence-corrected chi connectivity index (χ0v) is 15.6. The summed E-state index contributed by atoms with van der Waals surface area (Å²) in [7, 11) is 1.59. The zero-order chi connectivity index (χ0) is 20.1. The van der Waals surface area contributed by atoms with E-state index < -0.39 is 5.91 Å². The van der Waals surface area contributed by atoms with E-state index in [2.05, 4.69) is 5.32 Å². The number of nitrogens with one attached hydrogen (secondary N) is 1. The number of para-hydroxylation sites is 1. The van der Waals surface area contributed by atoms with Crippen molar-refractivity contribution in [2.45, 2.75) is 13.5 Å². The van der Waals surface area contributed by atoms with Gasteiger partial charge in [0.15, 0.2) is 5.78 Å². The molecule has 3 aromatic rings. The number of carbonyl (C=O) groups excluding carboxylic acids is 2. The van der Waals surface area contributed by atoms with Crippen LogP contribution in [0.1, 0.15) is 33.2 Å². The van der Waals surface area contributed by atoms with Crippen molar-refractivity contribution in [2.75, 3.05) is 12.4 Å². The third-order valence-electron chi connectivity index (χ3n) is 4.31. The van der Waals surface area contributed by atoms with Gasteiger partial charge in [0.25, 0.3) is 11.5 Å². The second kappa shape index (κ2) is 8.35. The first-order valence-corrected chi connectivity index (χ1v) is 8.72. The third-order valence-corrected chi connectivity index (χ3v) is 4.31. The Morgan fingerprint density at radius 1 is 1.00 bits per heavy atom. The number of pyridine rings is 1. The van der Waals surface area contributed by atoms with Gasteiger partial charge in [0.1, 0.15) is 5.75 Å². The number of carbonyl (C=O) groups is 2. The Morgan fingerprint density at radius 3 is 2.39 bits per heavy atom. The Bertz CT molecular complexity index is 1070. The van der Waals surface area contributed by atoms with Crippen LogP contribution in [0.3, 0.4) is 0 Å². The van der Waals surface area contributed by atoms with Crippen molar-refractivity contribution in [3.63, 3.8) is 0 Å². The Kier molecular flexibility index (Phi) is 5.69. The normalized spacial score (nSPS) is 10.4. The lowest BCUT2D eigenvalue weighted by Crippen LogP contribution is -2.23. The van der Waals surface area contributed by atoms with Crippen molar-refractivity contribution in [3.8, 4) is 5.75 Å². The molecule has 6 heteroatoms. The number of benzene rings is 2. The maximum absolute atomic E-state index is 12.6. The summed E-state index contributed by atoms with van der Waals surface area (Å²) in [6.07, 6.45) is 1.51. The van der Waals surface area contributed by atoms with Crippen LogP contribution in [-0.2, 0) is 6.54 Å². The van der Waals surface area contributed by atoms with Gasteiger partial charge in [0, 0.05) is 17.8 Å². The lowest BCUT2D eigenvalue weighted by Gasteiger charge is -2.11. The Balaban J connectivity index is 1.83. The lowest BCUT2D eigenvalue weighted by atomic mass is 10.1. The van der Waals surface area contributed by atoms with Crippen LogP contribution in [0.2, 0.25) is 0 Å². The fourth-order valence-corrected chi connectivity index (χ4v) is 2.81. The smallest absolute Gasteiger partial charge is 0.257 e. The van der Waals surface area contributed by atoms with Gasteiger partial charge in [0.2, 0.25) is 0 Å². The van der Waals surface area contributed by atoms with Gasteiger partial charge >= 0.3 is 0 Å². The molecule has 0 unspecified atom stereocenters. The fourth-order valence-electron chi connectivity index (χ4n) is 2.81. The molecule has 0 atom stereocenters. The van der Waals surface area contributed by atoms with Crippen LogP contribution in [0.5, 0.6) is 5.75 Å². The van der Waals surface area contributed by atoms with E-state index in [-0.39, 0.29) is 11.3 Å². The average molecular weight is 376 g/mol. The van der Waals surface area contributed by atoms with E-state index >= 15 is 0 Å². The van der Waals surface area contributed by atoms with Crippen LogP contribution in [0.4, 0.5) is 5.69 Å². The Hall–Kier alpha value is -3.67. The highest BCUT2D eigenvalue weighted by Crippen LogP contribution is 2.17. The molecule has 0 spiro atoms. The van der Waals surface area contributed by atoms with Crippen molar-refractivity contribution in [1.82, 2.24) is 4.57 Å². The van der Waals surface area contributed by atoms with Gasteiger partial charge in [-0.05, 0) is 42.8 Å². The monoisotopic (exact) mass is 376 g/mol. The molecule has 1 aromatic heterocycles. The Labute approximate surface area is 162 Å². The molecule has 142 valence electrons. The highest BCUT2D eigenvalue weighted by Gasteiger charge is 2.12. The molecule has 0 bridgehead atoms. The van der Waals surface area contributed by atoms with E-state index in [1.165, 1.54) is 29.8 Å². The molecule has 0 saturated carbocycles. The summed E-state index contributed by atoms with van der Waals surface area (Å²) >= 11 is 0. The number of methoxy groups -OCH3 is 1. The van der Waals surface area contributed by atoms with E-state index in [9.17, 15) is 14.4 Å². The van der Waals surface area contributed by atoms with E-state index in [1.807, 2.05) is 24.3 Å². The number of ether oxygens (including phenoxy) is 1. The molecular formula is C22H20N2O4. The predicted molar refractivity (Wildman–Crippen MR) is 107 cm³/mol. The first kappa shape index (κ1) is 19.1. The molecule has 28 heavy (non-hydrogen) atoms. The maximum atomic E-state index is 12.6. The molecule has 0 aliphatic rings. The number of hydrogen-bond donors (Lipinski definition) is 1. The second-order valence-electron chi connectivity index (χ2n) is 6.29. The number of Topliss-reactive ketones (excluding diaryl/α,β-unsaturated/α-hetero) is 1. The first-order chi connectivity index (χ1) is 13.5. The molecule has 0 fully saturated rings. The van der Waals surface area contributed by atoms with Crippen LogP contribution >= 0.6 is 0 Å². The molecule has 0 aliphatic carbocycles. The predicted octanol–water partition coefficient (Wildman–Crippen LogP) is 3.36. The quantitative estimate of drug-likeness (QED) is 0.669. The average Bonchev–Trinajstić information content (AvgIpc) is 2.70. The third kappa shape index (κ3) is 4.35. The highest BCUT2D eigenvalue weighted by atomic mass is 16.5. The highest BCUT2D eigenvalue weighted by molar-refractivity contribution is 6.08. The van der Waals surface area contributed by atoms with E-state index in [0.29, 0.717) is 23.4 Å². The second-order valence-corrected chi connectivity index (χ2v) is 6.29. The van der Waals surface area contributed by atoms with Gasteiger partial charge in [-0.25, -0.2) is 0 Å². The molecule has 0 radical (unpaired) electrons. The molecular weight excluding hydrogens is 356 g/mol. The van der Waals surface area contributed by atoms with Crippen molar-refractivity contribution in [2.24, 2.45) is 0 Å². The van der Waals surface area contributed by atoms with Gasteiger partial charge in [-0.2, -0.15) is 0 Å². The minimum absolute atomic E-state index is 0.139. The summed E-state index contributed by atoms with van der Waals surface area (Å²) in [6.45, 7) is 1.77. The summed E-state index contributed by atoms with van der Waals surface area (Å²) in [5.74, 6) is 0.200. The van der Waals surface area contributed by atoms with Crippen LogP contribution in [0, 0.1) is 0 Å². The summed E-state index contributed by atoms with van der Waals surface area (Å²) in [5.41, 5.74) is 1.89. The van der Waals surface area contributed by atoms with E-state index in [4.69, 9.17) is 4.74 Å². The van der Waals surface area contributed by atoms with Gasteiger partial charge in [-0.15, -0.1) is 0 Å².